The van der Waals surface area contributed by atoms with Crippen LogP contribution in [-0.4, -0.2) is 47.6 Å². The van der Waals surface area contributed by atoms with E-state index in [1.165, 1.54) is 0 Å². The first-order valence-corrected chi connectivity index (χ1v) is 18.8. The SMILES string of the molecule is C[SiH](C)O[Si](C)(C)O[Si](CCC(F)(F)F)(CCC(F)(F)F)O[SiH](C)C. The van der Waals surface area contributed by atoms with Crippen molar-refractivity contribution in [2.75, 3.05) is 0 Å². The van der Waals surface area contributed by atoms with Crippen LogP contribution in [0.25, 0.3) is 0 Å². The standard InChI is InChI=1S/C12H28F6O3Si4/c1-22(2)19-24(5,6)21-25(20-23(3)4,9-7-11(13,14)15)10-8-12(16,17)18/h22-23H,7-10H2,1-6H3. The lowest BCUT2D eigenvalue weighted by atomic mass is 10.5. The van der Waals surface area contributed by atoms with Crippen LogP contribution >= 0.6 is 0 Å². The maximum absolute atomic E-state index is 12.7. The van der Waals surface area contributed by atoms with Crippen LogP contribution in [0, 0.1) is 0 Å². The molecule has 0 fully saturated rings. The van der Waals surface area contributed by atoms with Gasteiger partial charge in [0.2, 0.25) is 0 Å². The summed E-state index contributed by atoms with van der Waals surface area (Å²) in [4.78, 5) is 0. The zero-order chi connectivity index (χ0) is 20.1. The monoisotopic (exact) mass is 446 g/mol. The highest BCUT2D eigenvalue weighted by Crippen LogP contribution is 2.36. The zero-order valence-corrected chi connectivity index (χ0v) is 19.8. The molecule has 0 aliphatic carbocycles. The summed E-state index contributed by atoms with van der Waals surface area (Å²) in [6.07, 6.45) is -11.4. The lowest BCUT2D eigenvalue weighted by Gasteiger charge is -2.40. The molecule has 0 aliphatic rings. The van der Waals surface area contributed by atoms with Crippen LogP contribution in [0.5, 0.6) is 0 Å². The Labute approximate surface area is 151 Å². The van der Waals surface area contributed by atoms with Gasteiger partial charge in [-0.2, -0.15) is 26.3 Å². The molecule has 0 atom stereocenters. The average Bonchev–Trinajstić information content (AvgIpc) is 2.29. The fourth-order valence-electron chi connectivity index (χ4n) is 2.50. The molecular formula is C12H28F6O3Si4. The smallest absolute Gasteiger partial charge is 0.389 e. The summed E-state index contributed by atoms with van der Waals surface area (Å²) < 4.78 is 93.9. The van der Waals surface area contributed by atoms with E-state index in [9.17, 15) is 26.3 Å². The second-order valence-corrected chi connectivity index (χ2v) is 19.5. The molecular weight excluding hydrogens is 418 g/mol. The van der Waals surface area contributed by atoms with Crippen LogP contribution in [0.3, 0.4) is 0 Å². The van der Waals surface area contributed by atoms with Gasteiger partial charge in [0.1, 0.15) is 0 Å². The molecule has 0 unspecified atom stereocenters. The highest BCUT2D eigenvalue weighted by atomic mass is 28.5. The van der Waals surface area contributed by atoms with Gasteiger partial charge < -0.3 is 12.3 Å². The second kappa shape index (κ2) is 9.50. The summed E-state index contributed by atoms with van der Waals surface area (Å²) in [6, 6.07) is -1.06. The number of rotatable bonds is 10. The van der Waals surface area contributed by atoms with Crippen molar-refractivity contribution in [2.45, 2.75) is 76.6 Å². The Morgan fingerprint density at radius 2 is 1.08 bits per heavy atom. The Morgan fingerprint density at radius 1 is 0.720 bits per heavy atom. The molecule has 3 nitrogen and oxygen atoms in total. The van der Waals surface area contributed by atoms with Gasteiger partial charge in [0.15, 0.2) is 18.1 Å². The predicted molar refractivity (Wildman–Crippen MR) is 95.2 cm³/mol. The van der Waals surface area contributed by atoms with Crippen molar-refractivity contribution < 1.29 is 38.7 Å². The summed E-state index contributed by atoms with van der Waals surface area (Å²) in [7, 11) is -10.0. The number of alkyl halides is 6. The molecule has 0 saturated carbocycles. The number of hydrogen-bond donors (Lipinski definition) is 0. The molecule has 13 heteroatoms. The van der Waals surface area contributed by atoms with Crippen molar-refractivity contribution in [1.29, 1.82) is 0 Å². The topological polar surface area (TPSA) is 27.7 Å². The molecule has 0 spiro atoms. The molecule has 0 aliphatic heterocycles. The first-order chi connectivity index (χ1) is 11.0. The van der Waals surface area contributed by atoms with Gasteiger partial charge in [-0.05, 0) is 51.4 Å². The number of hydrogen-bond acceptors (Lipinski definition) is 3. The van der Waals surface area contributed by atoms with Gasteiger partial charge in [0, 0.05) is 12.8 Å². The molecule has 0 N–H and O–H groups in total. The van der Waals surface area contributed by atoms with E-state index in [0.717, 1.165) is 0 Å². The van der Waals surface area contributed by atoms with E-state index in [1.54, 1.807) is 26.2 Å². The largest absolute Gasteiger partial charge is 0.440 e. The third-order valence-electron chi connectivity index (χ3n) is 2.98. The molecule has 152 valence electrons. The van der Waals surface area contributed by atoms with Gasteiger partial charge in [0.25, 0.3) is 0 Å². The van der Waals surface area contributed by atoms with E-state index in [1.807, 2.05) is 13.1 Å². The first kappa shape index (κ1) is 25.3. The van der Waals surface area contributed by atoms with Gasteiger partial charge in [-0.15, -0.1) is 0 Å². The van der Waals surface area contributed by atoms with Crippen LogP contribution in [0.15, 0.2) is 0 Å². The summed E-state index contributed by atoms with van der Waals surface area (Å²) in [6.45, 7) is 10.5. The van der Waals surface area contributed by atoms with Crippen LogP contribution < -0.4 is 0 Å². The van der Waals surface area contributed by atoms with Crippen LogP contribution in [0.4, 0.5) is 26.3 Å². The molecule has 0 amide bonds. The Kier molecular flexibility index (Phi) is 9.63. The quantitative estimate of drug-likeness (QED) is 0.347. The molecule has 0 rings (SSSR count). The summed E-state index contributed by atoms with van der Waals surface area (Å²) in [5, 5.41) is 0. The minimum absolute atomic E-state index is 0.531. The Morgan fingerprint density at radius 3 is 1.36 bits per heavy atom. The van der Waals surface area contributed by atoms with Crippen molar-refractivity contribution >= 4 is 35.2 Å². The molecule has 0 heterocycles. The number of halogens is 6. The Bertz CT molecular complexity index is 383. The Hall–Kier alpha value is 0.328. The molecule has 0 radical (unpaired) electrons. The summed E-state index contributed by atoms with van der Waals surface area (Å²) in [5.74, 6) is 0. The normalized spacial score (nSPS) is 14.6. The molecule has 0 aromatic carbocycles. The van der Waals surface area contributed by atoms with E-state index in [0.29, 0.717) is 0 Å². The van der Waals surface area contributed by atoms with Crippen molar-refractivity contribution in [3.8, 4) is 0 Å². The minimum Gasteiger partial charge on any atom is -0.440 e. The maximum atomic E-state index is 12.7. The highest BCUT2D eigenvalue weighted by Gasteiger charge is 2.48. The lowest BCUT2D eigenvalue weighted by molar-refractivity contribution is -0.133. The van der Waals surface area contributed by atoms with Crippen molar-refractivity contribution in [3.63, 3.8) is 0 Å². The zero-order valence-electron chi connectivity index (χ0n) is 15.5. The molecule has 25 heavy (non-hydrogen) atoms. The van der Waals surface area contributed by atoms with Crippen molar-refractivity contribution in [2.24, 2.45) is 0 Å². The molecule has 0 bridgehead atoms. The fourth-order valence-corrected chi connectivity index (χ4v) is 18.7. The average molecular weight is 447 g/mol. The molecule has 0 aromatic heterocycles. The van der Waals surface area contributed by atoms with E-state index >= 15 is 0 Å². The van der Waals surface area contributed by atoms with Crippen LogP contribution in [0.2, 0.25) is 51.4 Å². The second-order valence-electron chi connectivity index (χ2n) is 6.98. The third kappa shape index (κ3) is 13.2. The van der Waals surface area contributed by atoms with Crippen molar-refractivity contribution in [3.05, 3.63) is 0 Å². The lowest BCUT2D eigenvalue weighted by Crippen LogP contribution is -2.55. The van der Waals surface area contributed by atoms with E-state index < -0.39 is 72.5 Å². The van der Waals surface area contributed by atoms with Gasteiger partial charge in [-0.1, -0.05) is 0 Å². The third-order valence-corrected chi connectivity index (χ3v) is 16.2. The first-order valence-electron chi connectivity index (χ1n) is 8.15. The summed E-state index contributed by atoms with van der Waals surface area (Å²) in [5.41, 5.74) is 0. The van der Waals surface area contributed by atoms with Gasteiger partial charge in [-0.25, -0.2) is 0 Å². The maximum Gasteiger partial charge on any atom is 0.389 e. The molecule has 0 saturated heterocycles. The highest BCUT2D eigenvalue weighted by molar-refractivity contribution is 6.85. The van der Waals surface area contributed by atoms with E-state index in [2.05, 4.69) is 0 Å². The predicted octanol–water partition coefficient (Wildman–Crippen LogP) is 5.05. The van der Waals surface area contributed by atoms with Gasteiger partial charge in [-0.3, -0.25) is 0 Å². The van der Waals surface area contributed by atoms with Gasteiger partial charge in [0.05, 0.1) is 0 Å². The van der Waals surface area contributed by atoms with E-state index in [4.69, 9.17) is 12.3 Å². The van der Waals surface area contributed by atoms with Crippen LogP contribution in [0.1, 0.15) is 12.8 Å². The van der Waals surface area contributed by atoms with Gasteiger partial charge >= 0.3 is 29.5 Å². The van der Waals surface area contributed by atoms with Crippen LogP contribution in [-0.2, 0) is 12.3 Å². The summed E-state index contributed by atoms with van der Waals surface area (Å²) >= 11 is 0. The minimum atomic E-state index is -4.47. The van der Waals surface area contributed by atoms with E-state index in [-0.39, 0.29) is 0 Å². The molecule has 0 aromatic rings. The fraction of sp³-hybridized carbons (Fsp3) is 1.00. The Balaban J connectivity index is 5.55. The van der Waals surface area contributed by atoms with Crippen molar-refractivity contribution in [1.82, 2.24) is 0 Å².